The van der Waals surface area contributed by atoms with Crippen molar-refractivity contribution in [2.75, 3.05) is 0 Å². The first-order chi connectivity index (χ1) is 26.9. The lowest BCUT2D eigenvalue weighted by atomic mass is 9.84. The van der Waals surface area contributed by atoms with E-state index in [-0.39, 0.29) is 44.7 Å². The summed E-state index contributed by atoms with van der Waals surface area (Å²) in [6, 6.07) is 27.6. The largest absolute Gasteiger partial charge is 0.456 e. The molecule has 0 aliphatic carbocycles. The van der Waals surface area contributed by atoms with Gasteiger partial charge in [-0.25, -0.2) is 0 Å². The third-order valence-corrected chi connectivity index (χ3v) is 8.33. The highest BCUT2D eigenvalue weighted by atomic mass is 16.3. The van der Waals surface area contributed by atoms with Crippen molar-refractivity contribution in [3.05, 3.63) is 170 Å². The molecule has 0 bridgehead atoms. The van der Waals surface area contributed by atoms with Gasteiger partial charge < -0.3 is 4.42 Å². The molecule has 0 fully saturated rings. The fourth-order valence-electron chi connectivity index (χ4n) is 6.45. The van der Waals surface area contributed by atoms with Gasteiger partial charge in [0.1, 0.15) is 11.2 Å². The van der Waals surface area contributed by atoms with Gasteiger partial charge >= 0.3 is 0 Å². The van der Waals surface area contributed by atoms with E-state index in [1.165, 1.54) is 0 Å². The average Bonchev–Trinajstić information content (AvgIpc) is 3.62. The molecule has 0 unspecified atom stereocenters. The molecule has 1 heteroatoms. The standard InChI is InChI=1S/C44H28O/c1-3-14-29(15-4-1)31-18-11-19-32(28-31)41-34-20-7-9-22-36(34)42(37-23-10-8-21-35(37)41)38-25-13-27-40-44(38)43-33(24-12-26-39(43)45-40)30-16-5-2-6-17-30/h1-28H/i2D,5D,6D,12D,13D,16D,17D,24D,25D,26D,27D. The maximum absolute atomic E-state index is 9.53. The van der Waals surface area contributed by atoms with Crippen LogP contribution in [-0.2, 0) is 0 Å². The number of furan rings is 1. The van der Waals surface area contributed by atoms with Crippen molar-refractivity contribution >= 4 is 43.5 Å². The van der Waals surface area contributed by atoms with E-state index in [1.807, 2.05) is 78.9 Å². The first kappa shape index (κ1) is 16.8. The predicted molar refractivity (Wildman–Crippen MR) is 190 cm³/mol. The van der Waals surface area contributed by atoms with Crippen LogP contribution < -0.4 is 0 Å². The van der Waals surface area contributed by atoms with Crippen LogP contribution in [0.2, 0.25) is 0 Å². The van der Waals surface area contributed by atoms with Crippen molar-refractivity contribution in [1.29, 1.82) is 0 Å². The Morgan fingerprint density at radius 3 is 1.58 bits per heavy atom. The van der Waals surface area contributed by atoms with Crippen LogP contribution in [0.3, 0.4) is 0 Å². The summed E-state index contributed by atoms with van der Waals surface area (Å²) in [4.78, 5) is 0. The zero-order chi connectivity index (χ0) is 39.3. The molecule has 0 spiro atoms. The SMILES string of the molecule is [2H]c1c([2H])c([2H])c(-c2c([2H])c([2H])c([2H])c3oc4c([2H])c([2H])c([2H])c(-c5c6ccccc6c(-c6cccc(-c7ccccc7)c6)c6ccccc56)c4c23)c([2H])c1[2H]. The minimum atomic E-state index is -0.650. The quantitative estimate of drug-likeness (QED) is 0.188. The lowest BCUT2D eigenvalue weighted by Crippen LogP contribution is -1.92. The molecule has 0 saturated heterocycles. The second kappa shape index (κ2) is 10.4. The molecule has 1 heterocycles. The van der Waals surface area contributed by atoms with Gasteiger partial charge in [-0.2, -0.15) is 0 Å². The van der Waals surface area contributed by atoms with Crippen molar-refractivity contribution in [3.8, 4) is 44.5 Å². The van der Waals surface area contributed by atoms with Gasteiger partial charge in [-0.3, -0.25) is 0 Å². The lowest BCUT2D eigenvalue weighted by molar-refractivity contribution is 0.669. The number of hydrogen-bond acceptors (Lipinski definition) is 1. The van der Waals surface area contributed by atoms with Gasteiger partial charge in [-0.15, -0.1) is 0 Å². The summed E-state index contributed by atoms with van der Waals surface area (Å²) >= 11 is 0. The summed E-state index contributed by atoms with van der Waals surface area (Å²) in [6.07, 6.45) is 0. The Labute approximate surface area is 277 Å². The van der Waals surface area contributed by atoms with Crippen LogP contribution in [0.25, 0.3) is 88.0 Å². The third kappa shape index (κ3) is 4.09. The van der Waals surface area contributed by atoms with Gasteiger partial charge in [-0.05, 0) is 84.2 Å². The highest BCUT2D eigenvalue weighted by molar-refractivity contribution is 6.27. The second-order valence-electron chi connectivity index (χ2n) is 10.8. The van der Waals surface area contributed by atoms with Crippen LogP contribution in [0.4, 0.5) is 0 Å². The molecule has 0 N–H and O–H groups in total. The van der Waals surface area contributed by atoms with Crippen LogP contribution in [0, 0.1) is 0 Å². The zero-order valence-electron chi connectivity index (χ0n) is 34.7. The zero-order valence-corrected chi connectivity index (χ0v) is 23.7. The summed E-state index contributed by atoms with van der Waals surface area (Å²) in [6.45, 7) is 0. The molecule has 210 valence electrons. The van der Waals surface area contributed by atoms with Crippen LogP contribution in [0.5, 0.6) is 0 Å². The Bertz CT molecular complexity index is 3070. The monoisotopic (exact) mass is 583 g/mol. The van der Waals surface area contributed by atoms with E-state index in [2.05, 4.69) is 24.3 Å². The second-order valence-corrected chi connectivity index (χ2v) is 10.8. The molecule has 1 nitrogen and oxygen atoms in total. The number of fused-ring (bicyclic) bond motifs is 5. The molecule has 0 aliphatic rings. The smallest absolute Gasteiger partial charge is 0.136 e. The molecular formula is C44H28O. The maximum Gasteiger partial charge on any atom is 0.136 e. The predicted octanol–water partition coefficient (Wildman–Crippen LogP) is 12.6. The Morgan fingerprint density at radius 1 is 0.378 bits per heavy atom. The topological polar surface area (TPSA) is 13.1 Å². The highest BCUT2D eigenvalue weighted by Crippen LogP contribution is 2.48. The molecular weight excluding hydrogens is 544 g/mol. The van der Waals surface area contributed by atoms with E-state index in [0.717, 1.165) is 33.0 Å². The molecule has 0 radical (unpaired) electrons. The Kier molecular flexibility index (Phi) is 3.87. The van der Waals surface area contributed by atoms with Gasteiger partial charge in [-0.1, -0.05) is 151 Å². The molecule has 9 aromatic rings. The molecule has 0 saturated carbocycles. The Balaban J connectivity index is 1.49. The minimum Gasteiger partial charge on any atom is -0.456 e. The Hall–Kier alpha value is -5.92. The molecule has 8 aromatic carbocycles. The van der Waals surface area contributed by atoms with Crippen LogP contribution in [-0.4, -0.2) is 0 Å². The van der Waals surface area contributed by atoms with Gasteiger partial charge in [0.2, 0.25) is 0 Å². The van der Waals surface area contributed by atoms with Gasteiger partial charge in [0.15, 0.2) is 0 Å². The van der Waals surface area contributed by atoms with Gasteiger partial charge in [0.25, 0.3) is 0 Å². The summed E-state index contributed by atoms with van der Waals surface area (Å²) in [7, 11) is 0. The molecule has 9 rings (SSSR count). The van der Waals surface area contributed by atoms with E-state index in [4.69, 9.17) is 18.1 Å². The van der Waals surface area contributed by atoms with Crippen LogP contribution >= 0.6 is 0 Å². The van der Waals surface area contributed by atoms with Crippen molar-refractivity contribution in [2.45, 2.75) is 0 Å². The maximum atomic E-state index is 9.53. The van der Waals surface area contributed by atoms with E-state index in [9.17, 15) is 1.37 Å². The van der Waals surface area contributed by atoms with Gasteiger partial charge in [0, 0.05) is 10.8 Å². The van der Waals surface area contributed by atoms with E-state index in [0.29, 0.717) is 16.3 Å². The summed E-state index contributed by atoms with van der Waals surface area (Å²) in [5.74, 6) is 0. The normalized spacial score (nSPS) is 15.0. The van der Waals surface area contributed by atoms with Gasteiger partial charge in [0.05, 0.1) is 15.1 Å². The van der Waals surface area contributed by atoms with Crippen molar-refractivity contribution in [1.82, 2.24) is 0 Å². The van der Waals surface area contributed by atoms with E-state index in [1.54, 1.807) is 0 Å². The summed E-state index contributed by atoms with van der Waals surface area (Å²) < 4.78 is 103. The third-order valence-electron chi connectivity index (χ3n) is 8.33. The molecule has 45 heavy (non-hydrogen) atoms. The van der Waals surface area contributed by atoms with Crippen molar-refractivity contribution in [3.63, 3.8) is 0 Å². The summed E-state index contributed by atoms with van der Waals surface area (Å²) in [5.41, 5.74) is 3.56. The Morgan fingerprint density at radius 2 is 0.911 bits per heavy atom. The van der Waals surface area contributed by atoms with Crippen molar-refractivity contribution < 1.29 is 19.5 Å². The lowest BCUT2D eigenvalue weighted by Gasteiger charge is -2.19. The van der Waals surface area contributed by atoms with Crippen molar-refractivity contribution in [2.24, 2.45) is 0 Å². The molecule has 0 aliphatic heterocycles. The molecule has 0 atom stereocenters. The first-order valence-electron chi connectivity index (χ1n) is 20.0. The van der Waals surface area contributed by atoms with Crippen LogP contribution in [0.15, 0.2) is 174 Å². The number of hydrogen-bond donors (Lipinski definition) is 0. The number of rotatable bonds is 4. The molecule has 0 amide bonds. The first-order valence-corrected chi connectivity index (χ1v) is 14.5. The average molecular weight is 584 g/mol. The van der Waals surface area contributed by atoms with E-state index >= 15 is 0 Å². The minimum absolute atomic E-state index is 0.0469. The molecule has 1 aromatic heterocycles. The fourth-order valence-corrected chi connectivity index (χ4v) is 6.45. The fraction of sp³-hybridized carbons (Fsp3) is 0. The number of benzene rings is 8. The summed E-state index contributed by atoms with van der Waals surface area (Å²) in [5, 5.41) is 3.08. The van der Waals surface area contributed by atoms with E-state index < -0.39 is 60.4 Å². The highest BCUT2D eigenvalue weighted by Gasteiger charge is 2.21. The van der Waals surface area contributed by atoms with Crippen LogP contribution in [0.1, 0.15) is 15.1 Å².